The van der Waals surface area contributed by atoms with Gasteiger partial charge in [-0.2, -0.15) is 0 Å². The van der Waals surface area contributed by atoms with Crippen molar-refractivity contribution < 1.29 is 0 Å². The fraction of sp³-hybridized carbons (Fsp3) is 0.714. The first-order valence-corrected chi connectivity index (χ1v) is 7.47. The molecular weight excluding hydrogens is 260 g/mol. The topological polar surface area (TPSA) is 32.3 Å². The predicted molar refractivity (Wildman–Crippen MR) is 77.8 cm³/mol. The highest BCUT2D eigenvalue weighted by Gasteiger charge is 2.35. The number of piperidine rings is 2. The molecule has 0 spiro atoms. The number of likely N-dealkylation sites (tertiary alicyclic amines) is 1. The Labute approximate surface area is 119 Å². The van der Waals surface area contributed by atoms with Crippen molar-refractivity contribution in [3.63, 3.8) is 0 Å². The molecule has 2 aliphatic rings. The van der Waals surface area contributed by atoms with E-state index in [0.29, 0.717) is 5.15 Å². The summed E-state index contributed by atoms with van der Waals surface area (Å²) >= 11 is 6.11. The van der Waals surface area contributed by atoms with E-state index in [0.717, 1.165) is 36.4 Å². The van der Waals surface area contributed by atoms with E-state index in [1.54, 1.807) is 6.33 Å². The smallest absolute Gasteiger partial charge is 0.137 e. The average molecular weight is 281 g/mol. The molecule has 1 aromatic rings. The Hall–Kier alpha value is -0.870. The Morgan fingerprint density at radius 2 is 2.11 bits per heavy atom. The SMILES string of the molecule is Cc1c(Cl)ncnc1N1CCC2C(CCCN2C)C1. The Kier molecular flexibility index (Phi) is 3.63. The van der Waals surface area contributed by atoms with Crippen molar-refractivity contribution in [1.82, 2.24) is 14.9 Å². The minimum Gasteiger partial charge on any atom is -0.356 e. The van der Waals surface area contributed by atoms with Crippen LogP contribution in [-0.2, 0) is 0 Å². The minimum atomic E-state index is 0.577. The molecule has 2 fully saturated rings. The van der Waals surface area contributed by atoms with Crippen LogP contribution < -0.4 is 4.90 Å². The third kappa shape index (κ3) is 2.43. The second-order valence-electron chi connectivity index (χ2n) is 5.80. The maximum atomic E-state index is 6.11. The van der Waals surface area contributed by atoms with Gasteiger partial charge in [-0.15, -0.1) is 0 Å². The first kappa shape index (κ1) is 13.1. The Morgan fingerprint density at radius 3 is 2.95 bits per heavy atom. The molecule has 3 rings (SSSR count). The molecule has 19 heavy (non-hydrogen) atoms. The summed E-state index contributed by atoms with van der Waals surface area (Å²) < 4.78 is 0. The van der Waals surface area contributed by atoms with E-state index >= 15 is 0 Å². The third-order valence-corrected chi connectivity index (χ3v) is 5.02. The Balaban J connectivity index is 1.79. The van der Waals surface area contributed by atoms with E-state index in [1.165, 1.54) is 25.8 Å². The van der Waals surface area contributed by atoms with Crippen molar-refractivity contribution in [2.45, 2.75) is 32.2 Å². The van der Waals surface area contributed by atoms with Crippen LogP contribution in [0.15, 0.2) is 6.33 Å². The number of nitrogens with zero attached hydrogens (tertiary/aromatic N) is 4. The number of fused-ring (bicyclic) bond motifs is 1. The lowest BCUT2D eigenvalue weighted by molar-refractivity contribution is 0.102. The highest BCUT2D eigenvalue weighted by molar-refractivity contribution is 6.30. The molecule has 2 unspecified atom stereocenters. The standard InChI is InChI=1S/C14H21ClN4/c1-10-13(15)16-9-17-14(10)19-7-5-12-11(8-19)4-3-6-18(12)2/h9,11-12H,3-8H2,1-2H3. The van der Waals surface area contributed by atoms with Crippen LogP contribution in [0.5, 0.6) is 0 Å². The summed E-state index contributed by atoms with van der Waals surface area (Å²) in [5, 5.41) is 0.577. The molecular formula is C14H21ClN4. The van der Waals surface area contributed by atoms with Gasteiger partial charge in [0.05, 0.1) is 0 Å². The van der Waals surface area contributed by atoms with Gasteiger partial charge in [-0.3, -0.25) is 0 Å². The molecule has 0 bridgehead atoms. The van der Waals surface area contributed by atoms with Crippen LogP contribution in [0.4, 0.5) is 5.82 Å². The van der Waals surface area contributed by atoms with Gasteiger partial charge in [-0.05, 0) is 45.7 Å². The molecule has 104 valence electrons. The van der Waals surface area contributed by atoms with Gasteiger partial charge in [0, 0.05) is 24.7 Å². The van der Waals surface area contributed by atoms with Gasteiger partial charge in [0.1, 0.15) is 17.3 Å². The van der Waals surface area contributed by atoms with E-state index in [2.05, 4.69) is 26.8 Å². The van der Waals surface area contributed by atoms with Crippen molar-refractivity contribution in [3.8, 4) is 0 Å². The minimum absolute atomic E-state index is 0.577. The van der Waals surface area contributed by atoms with Crippen LogP contribution in [0.1, 0.15) is 24.8 Å². The van der Waals surface area contributed by atoms with Gasteiger partial charge in [-0.1, -0.05) is 11.6 Å². The number of halogens is 1. The third-order valence-electron chi connectivity index (χ3n) is 4.64. The normalized spacial score (nSPS) is 28.3. The lowest BCUT2D eigenvalue weighted by atomic mass is 9.84. The molecule has 1 aromatic heterocycles. The number of aromatic nitrogens is 2. The van der Waals surface area contributed by atoms with Gasteiger partial charge in [-0.25, -0.2) is 9.97 Å². The maximum absolute atomic E-state index is 6.11. The zero-order chi connectivity index (χ0) is 13.4. The summed E-state index contributed by atoms with van der Waals surface area (Å²) in [6.45, 7) is 5.43. The first-order valence-electron chi connectivity index (χ1n) is 7.09. The fourth-order valence-electron chi connectivity index (χ4n) is 3.58. The average Bonchev–Trinajstić information content (AvgIpc) is 2.42. The highest BCUT2D eigenvalue weighted by Crippen LogP contribution is 2.33. The van der Waals surface area contributed by atoms with Crippen molar-refractivity contribution >= 4 is 17.4 Å². The molecule has 5 heteroatoms. The van der Waals surface area contributed by atoms with Gasteiger partial charge < -0.3 is 9.80 Å². The summed E-state index contributed by atoms with van der Waals surface area (Å²) in [6.07, 6.45) is 5.45. The summed E-state index contributed by atoms with van der Waals surface area (Å²) in [4.78, 5) is 13.4. The number of rotatable bonds is 1. The van der Waals surface area contributed by atoms with Crippen LogP contribution in [0.3, 0.4) is 0 Å². The van der Waals surface area contributed by atoms with E-state index in [-0.39, 0.29) is 0 Å². The fourth-order valence-corrected chi connectivity index (χ4v) is 3.71. The van der Waals surface area contributed by atoms with Crippen LogP contribution >= 0.6 is 11.6 Å². The molecule has 0 N–H and O–H groups in total. The van der Waals surface area contributed by atoms with Crippen LogP contribution in [0, 0.1) is 12.8 Å². The van der Waals surface area contributed by atoms with Crippen molar-refractivity contribution in [2.24, 2.45) is 5.92 Å². The van der Waals surface area contributed by atoms with Gasteiger partial charge in [0.2, 0.25) is 0 Å². The summed E-state index contributed by atoms with van der Waals surface area (Å²) in [5.41, 5.74) is 1.01. The molecule has 0 radical (unpaired) electrons. The molecule has 0 aromatic carbocycles. The van der Waals surface area contributed by atoms with E-state index in [9.17, 15) is 0 Å². The van der Waals surface area contributed by atoms with Gasteiger partial charge in [0.15, 0.2) is 0 Å². The lowest BCUT2D eigenvalue weighted by Gasteiger charge is -2.46. The molecule has 2 aliphatic heterocycles. The van der Waals surface area contributed by atoms with Crippen molar-refractivity contribution in [3.05, 3.63) is 17.0 Å². The number of hydrogen-bond acceptors (Lipinski definition) is 4. The Bertz CT molecular complexity index is 465. The second-order valence-corrected chi connectivity index (χ2v) is 6.16. The zero-order valence-electron chi connectivity index (χ0n) is 11.6. The Morgan fingerprint density at radius 1 is 1.26 bits per heavy atom. The summed E-state index contributed by atoms with van der Waals surface area (Å²) in [6, 6.07) is 0.752. The molecule has 2 atom stereocenters. The van der Waals surface area contributed by atoms with E-state index in [1.807, 2.05) is 6.92 Å². The monoisotopic (exact) mass is 280 g/mol. The lowest BCUT2D eigenvalue weighted by Crippen LogP contribution is -2.53. The number of anilines is 1. The van der Waals surface area contributed by atoms with Crippen LogP contribution in [0.25, 0.3) is 0 Å². The summed E-state index contributed by atoms with van der Waals surface area (Å²) in [5.74, 6) is 1.78. The van der Waals surface area contributed by atoms with Crippen molar-refractivity contribution in [1.29, 1.82) is 0 Å². The van der Waals surface area contributed by atoms with Gasteiger partial charge >= 0.3 is 0 Å². The predicted octanol–water partition coefficient (Wildman–Crippen LogP) is 2.36. The van der Waals surface area contributed by atoms with Crippen LogP contribution in [-0.4, -0.2) is 47.6 Å². The van der Waals surface area contributed by atoms with E-state index < -0.39 is 0 Å². The molecule has 0 aliphatic carbocycles. The zero-order valence-corrected chi connectivity index (χ0v) is 12.4. The molecule has 4 nitrogen and oxygen atoms in total. The molecule has 3 heterocycles. The molecule has 0 amide bonds. The molecule has 2 saturated heterocycles. The van der Waals surface area contributed by atoms with Crippen molar-refractivity contribution in [2.75, 3.05) is 31.6 Å². The first-order chi connectivity index (χ1) is 9.16. The van der Waals surface area contributed by atoms with Crippen LogP contribution in [0.2, 0.25) is 5.15 Å². The largest absolute Gasteiger partial charge is 0.356 e. The second kappa shape index (κ2) is 5.25. The van der Waals surface area contributed by atoms with E-state index in [4.69, 9.17) is 11.6 Å². The summed E-state index contributed by atoms with van der Waals surface area (Å²) in [7, 11) is 2.26. The van der Waals surface area contributed by atoms with Gasteiger partial charge in [0.25, 0.3) is 0 Å². The quantitative estimate of drug-likeness (QED) is 0.739. The molecule has 0 saturated carbocycles. The number of hydrogen-bond donors (Lipinski definition) is 0. The highest BCUT2D eigenvalue weighted by atomic mass is 35.5. The maximum Gasteiger partial charge on any atom is 0.137 e.